The van der Waals surface area contributed by atoms with Crippen molar-refractivity contribution in [1.82, 2.24) is 14.9 Å². The van der Waals surface area contributed by atoms with E-state index in [2.05, 4.69) is 10.3 Å². The molecular formula is C22H19N3O2. The van der Waals surface area contributed by atoms with E-state index in [-0.39, 0.29) is 12.5 Å². The smallest absolute Gasteiger partial charge is 0.258 e. The molecule has 0 spiro atoms. The minimum atomic E-state index is -0.164. The molecule has 0 unspecified atom stereocenters. The zero-order valence-electron chi connectivity index (χ0n) is 14.7. The number of aromatic nitrogens is 2. The molecule has 0 bridgehead atoms. The van der Waals surface area contributed by atoms with Crippen LogP contribution in [0, 0.1) is 0 Å². The lowest BCUT2D eigenvalue weighted by Crippen LogP contribution is -2.28. The van der Waals surface area contributed by atoms with Crippen molar-refractivity contribution in [2.45, 2.75) is 6.54 Å². The summed E-state index contributed by atoms with van der Waals surface area (Å²) in [6.45, 7) is 0.396. The van der Waals surface area contributed by atoms with Gasteiger partial charge < -0.3 is 14.6 Å². The SMILES string of the molecule is O=C(COc1cccc2ccccc12)NCc1ccccc1-n1ccnc1. The first-order valence-electron chi connectivity index (χ1n) is 8.75. The van der Waals surface area contributed by atoms with E-state index in [1.165, 1.54) is 0 Å². The highest BCUT2D eigenvalue weighted by molar-refractivity contribution is 5.88. The second-order valence-electron chi connectivity index (χ2n) is 6.14. The zero-order valence-corrected chi connectivity index (χ0v) is 14.7. The monoisotopic (exact) mass is 357 g/mol. The maximum absolute atomic E-state index is 12.3. The first kappa shape index (κ1) is 16.8. The van der Waals surface area contributed by atoms with E-state index in [1.54, 1.807) is 12.5 Å². The summed E-state index contributed by atoms with van der Waals surface area (Å²) < 4.78 is 7.67. The van der Waals surface area contributed by atoms with Crippen LogP contribution in [0.15, 0.2) is 85.5 Å². The van der Waals surface area contributed by atoms with Crippen LogP contribution in [0.2, 0.25) is 0 Å². The molecule has 5 nitrogen and oxygen atoms in total. The number of nitrogens with zero attached hydrogens (tertiary/aromatic N) is 2. The molecule has 3 aromatic carbocycles. The van der Waals surface area contributed by atoms with Crippen molar-refractivity contribution in [1.29, 1.82) is 0 Å². The second-order valence-corrected chi connectivity index (χ2v) is 6.14. The van der Waals surface area contributed by atoms with Gasteiger partial charge in [0.25, 0.3) is 5.91 Å². The fourth-order valence-corrected chi connectivity index (χ4v) is 3.02. The molecule has 134 valence electrons. The maximum atomic E-state index is 12.3. The predicted molar refractivity (Wildman–Crippen MR) is 105 cm³/mol. The number of hydrogen-bond acceptors (Lipinski definition) is 3. The van der Waals surface area contributed by atoms with Crippen LogP contribution >= 0.6 is 0 Å². The second kappa shape index (κ2) is 7.74. The third kappa shape index (κ3) is 3.82. The van der Waals surface area contributed by atoms with Gasteiger partial charge in [0.1, 0.15) is 5.75 Å². The average molecular weight is 357 g/mol. The molecule has 4 aromatic rings. The Kier molecular flexibility index (Phi) is 4.83. The number of imidazole rings is 1. The number of rotatable bonds is 6. The van der Waals surface area contributed by atoms with Crippen molar-refractivity contribution < 1.29 is 9.53 Å². The van der Waals surface area contributed by atoms with Gasteiger partial charge in [0, 0.05) is 24.3 Å². The molecule has 0 radical (unpaired) electrons. The van der Waals surface area contributed by atoms with Crippen LogP contribution in [-0.2, 0) is 11.3 Å². The highest BCUT2D eigenvalue weighted by Crippen LogP contribution is 2.25. The van der Waals surface area contributed by atoms with Crippen molar-refractivity contribution in [2.24, 2.45) is 0 Å². The highest BCUT2D eigenvalue weighted by Gasteiger charge is 2.08. The lowest BCUT2D eigenvalue weighted by Gasteiger charge is -2.12. The van der Waals surface area contributed by atoms with Crippen molar-refractivity contribution in [2.75, 3.05) is 6.61 Å². The molecular weight excluding hydrogens is 338 g/mol. The Labute approximate surface area is 157 Å². The molecule has 0 saturated carbocycles. The standard InChI is InChI=1S/C22H19N3O2/c26-22(15-27-21-11-5-8-17-6-1-3-9-19(17)21)24-14-18-7-2-4-10-20(18)25-13-12-23-16-25/h1-13,16H,14-15H2,(H,24,26). The van der Waals surface area contributed by atoms with Gasteiger partial charge >= 0.3 is 0 Å². The summed E-state index contributed by atoms with van der Waals surface area (Å²) in [6.07, 6.45) is 5.35. The predicted octanol–water partition coefficient (Wildman–Crippen LogP) is 3.72. The van der Waals surface area contributed by atoms with Crippen LogP contribution in [0.25, 0.3) is 16.5 Å². The van der Waals surface area contributed by atoms with Crippen molar-refractivity contribution in [3.05, 3.63) is 91.0 Å². The van der Waals surface area contributed by atoms with Crippen LogP contribution < -0.4 is 10.1 Å². The third-order valence-corrected chi connectivity index (χ3v) is 4.36. The summed E-state index contributed by atoms with van der Waals surface area (Å²) in [5, 5.41) is 5.01. The minimum Gasteiger partial charge on any atom is -0.483 e. The fourth-order valence-electron chi connectivity index (χ4n) is 3.02. The number of carbonyl (C=O) groups is 1. The highest BCUT2D eigenvalue weighted by atomic mass is 16.5. The average Bonchev–Trinajstić information content (AvgIpc) is 3.25. The molecule has 0 atom stereocenters. The summed E-state index contributed by atoms with van der Waals surface area (Å²) in [6, 6.07) is 21.7. The van der Waals surface area contributed by atoms with E-state index in [0.717, 1.165) is 22.0 Å². The first-order valence-corrected chi connectivity index (χ1v) is 8.75. The molecule has 0 aliphatic heterocycles. The molecule has 1 amide bonds. The topological polar surface area (TPSA) is 56.1 Å². The van der Waals surface area contributed by atoms with Gasteiger partial charge in [-0.3, -0.25) is 4.79 Å². The van der Waals surface area contributed by atoms with Gasteiger partial charge in [0.05, 0.1) is 12.0 Å². The number of carbonyl (C=O) groups excluding carboxylic acids is 1. The Balaban J connectivity index is 1.40. The summed E-state index contributed by atoms with van der Waals surface area (Å²) >= 11 is 0. The molecule has 0 aliphatic carbocycles. The van der Waals surface area contributed by atoms with E-state index < -0.39 is 0 Å². The molecule has 1 heterocycles. The van der Waals surface area contributed by atoms with Gasteiger partial charge in [0.2, 0.25) is 0 Å². The van der Waals surface area contributed by atoms with Crippen LogP contribution in [0.4, 0.5) is 0 Å². The Morgan fingerprint density at radius 2 is 1.81 bits per heavy atom. The summed E-state index contributed by atoms with van der Waals surface area (Å²) in [7, 11) is 0. The number of fused-ring (bicyclic) bond motifs is 1. The zero-order chi connectivity index (χ0) is 18.5. The summed E-state index contributed by atoms with van der Waals surface area (Å²) in [4.78, 5) is 16.3. The van der Waals surface area contributed by atoms with E-state index >= 15 is 0 Å². The largest absolute Gasteiger partial charge is 0.483 e. The van der Waals surface area contributed by atoms with Gasteiger partial charge in [0.15, 0.2) is 6.61 Å². The Hall–Kier alpha value is -3.60. The molecule has 4 rings (SSSR count). The number of amides is 1. The number of nitrogens with one attached hydrogen (secondary N) is 1. The number of benzene rings is 3. The van der Waals surface area contributed by atoms with E-state index in [0.29, 0.717) is 12.3 Å². The van der Waals surface area contributed by atoms with Gasteiger partial charge in [-0.05, 0) is 23.1 Å². The van der Waals surface area contributed by atoms with Crippen molar-refractivity contribution >= 4 is 16.7 Å². The summed E-state index contributed by atoms with van der Waals surface area (Å²) in [5.74, 6) is 0.547. The van der Waals surface area contributed by atoms with Gasteiger partial charge in [-0.25, -0.2) is 4.98 Å². The summed E-state index contributed by atoms with van der Waals surface area (Å²) in [5.41, 5.74) is 2.00. The van der Waals surface area contributed by atoms with Crippen molar-refractivity contribution in [3.8, 4) is 11.4 Å². The van der Waals surface area contributed by atoms with Gasteiger partial charge in [-0.1, -0.05) is 54.6 Å². The van der Waals surface area contributed by atoms with Crippen LogP contribution in [0.5, 0.6) is 5.75 Å². The van der Waals surface area contributed by atoms with Crippen molar-refractivity contribution in [3.63, 3.8) is 0 Å². The minimum absolute atomic E-state index is 0.0265. The maximum Gasteiger partial charge on any atom is 0.258 e. The quantitative estimate of drug-likeness (QED) is 0.572. The lowest BCUT2D eigenvalue weighted by molar-refractivity contribution is -0.123. The lowest BCUT2D eigenvalue weighted by atomic mass is 10.1. The van der Waals surface area contributed by atoms with Gasteiger partial charge in [-0.2, -0.15) is 0 Å². The van der Waals surface area contributed by atoms with E-state index in [4.69, 9.17) is 4.74 Å². The van der Waals surface area contributed by atoms with Gasteiger partial charge in [-0.15, -0.1) is 0 Å². The molecule has 1 aromatic heterocycles. The number of ether oxygens (including phenoxy) is 1. The van der Waals surface area contributed by atoms with E-state index in [1.807, 2.05) is 77.5 Å². The Bertz CT molecular complexity index is 1050. The normalized spacial score (nSPS) is 10.7. The van der Waals surface area contributed by atoms with Crippen LogP contribution in [0.1, 0.15) is 5.56 Å². The van der Waals surface area contributed by atoms with Crippen LogP contribution in [0.3, 0.4) is 0 Å². The van der Waals surface area contributed by atoms with E-state index in [9.17, 15) is 4.79 Å². The number of hydrogen-bond donors (Lipinski definition) is 1. The number of para-hydroxylation sites is 1. The molecule has 0 saturated heterocycles. The molecule has 5 heteroatoms. The fraction of sp³-hybridized carbons (Fsp3) is 0.0909. The van der Waals surface area contributed by atoms with Crippen LogP contribution in [-0.4, -0.2) is 22.1 Å². The molecule has 1 N–H and O–H groups in total. The molecule has 27 heavy (non-hydrogen) atoms. The third-order valence-electron chi connectivity index (χ3n) is 4.36. The molecule has 0 fully saturated rings. The Morgan fingerprint density at radius 1 is 1.00 bits per heavy atom. The Morgan fingerprint density at radius 3 is 2.70 bits per heavy atom. The first-order chi connectivity index (χ1) is 13.3. The molecule has 0 aliphatic rings.